The first-order valence-corrected chi connectivity index (χ1v) is 10.6. The molecule has 3 aromatic carbocycles. The molecule has 0 aromatic heterocycles. The monoisotopic (exact) mass is 494 g/mol. The zero-order valence-corrected chi connectivity index (χ0v) is 19.1. The molecule has 2 atom stereocenters. The number of aliphatic carboxylic acids is 1. The fraction of sp³-hybridized carbons (Fsp3) is 0.240. The fourth-order valence-corrected chi connectivity index (χ4v) is 3.16. The molecule has 180 valence electrons. The SMILES string of the molecule is CC(COc1ccc(Cl)cc1)Oc1ccc(C(C)(Oc2ccc(C(F)(F)F)cc2)C(=O)O)cc1. The number of hydrogen-bond acceptors (Lipinski definition) is 4. The van der Waals surface area contributed by atoms with E-state index in [1.807, 2.05) is 6.92 Å². The molecule has 0 spiro atoms. The van der Waals surface area contributed by atoms with Crippen molar-refractivity contribution in [2.75, 3.05) is 6.61 Å². The van der Waals surface area contributed by atoms with Gasteiger partial charge in [-0.15, -0.1) is 0 Å². The third kappa shape index (κ3) is 6.35. The zero-order chi connectivity index (χ0) is 24.9. The van der Waals surface area contributed by atoms with E-state index in [9.17, 15) is 23.1 Å². The molecule has 3 aromatic rings. The summed E-state index contributed by atoms with van der Waals surface area (Å²) in [5.74, 6) is -0.178. The van der Waals surface area contributed by atoms with Gasteiger partial charge in [0.2, 0.25) is 5.60 Å². The van der Waals surface area contributed by atoms with Crippen molar-refractivity contribution < 1.29 is 37.3 Å². The van der Waals surface area contributed by atoms with E-state index in [4.69, 9.17) is 25.8 Å². The summed E-state index contributed by atoms with van der Waals surface area (Å²) in [6.07, 6.45) is -4.81. The van der Waals surface area contributed by atoms with E-state index in [0.29, 0.717) is 16.5 Å². The van der Waals surface area contributed by atoms with E-state index in [0.717, 1.165) is 24.3 Å². The maximum Gasteiger partial charge on any atom is 0.416 e. The van der Waals surface area contributed by atoms with Gasteiger partial charge in [0.15, 0.2) is 0 Å². The van der Waals surface area contributed by atoms with Gasteiger partial charge in [0.25, 0.3) is 0 Å². The molecule has 0 amide bonds. The molecule has 9 heteroatoms. The summed E-state index contributed by atoms with van der Waals surface area (Å²) < 4.78 is 55.4. The van der Waals surface area contributed by atoms with Gasteiger partial charge in [0.1, 0.15) is 30.0 Å². The molecule has 0 aliphatic carbocycles. The van der Waals surface area contributed by atoms with Crippen LogP contribution < -0.4 is 14.2 Å². The lowest BCUT2D eigenvalue weighted by molar-refractivity contribution is -0.154. The number of carbonyl (C=O) groups is 1. The Hall–Kier alpha value is -3.39. The van der Waals surface area contributed by atoms with Crippen molar-refractivity contribution in [3.63, 3.8) is 0 Å². The summed E-state index contributed by atoms with van der Waals surface area (Å²) in [7, 11) is 0. The molecule has 0 aliphatic rings. The molecule has 0 radical (unpaired) electrons. The highest BCUT2D eigenvalue weighted by molar-refractivity contribution is 6.30. The highest BCUT2D eigenvalue weighted by Gasteiger charge is 2.38. The minimum Gasteiger partial charge on any atom is -0.490 e. The van der Waals surface area contributed by atoms with E-state index in [2.05, 4.69) is 0 Å². The molecule has 5 nitrogen and oxygen atoms in total. The van der Waals surface area contributed by atoms with Crippen molar-refractivity contribution in [3.05, 3.63) is 88.9 Å². The Morgan fingerprint density at radius 1 is 0.882 bits per heavy atom. The Labute approximate surface area is 199 Å². The summed E-state index contributed by atoms with van der Waals surface area (Å²) in [6, 6.07) is 17.0. The van der Waals surface area contributed by atoms with E-state index >= 15 is 0 Å². The third-order valence-electron chi connectivity index (χ3n) is 4.95. The van der Waals surface area contributed by atoms with Crippen molar-refractivity contribution in [2.24, 2.45) is 0 Å². The minimum atomic E-state index is -4.50. The Bertz CT molecular complexity index is 1100. The van der Waals surface area contributed by atoms with Crippen molar-refractivity contribution in [3.8, 4) is 17.2 Å². The number of halogens is 4. The Morgan fingerprint density at radius 2 is 1.38 bits per heavy atom. The van der Waals surface area contributed by atoms with Crippen LogP contribution in [-0.4, -0.2) is 23.8 Å². The normalized spacial score (nSPS) is 14.1. The van der Waals surface area contributed by atoms with Gasteiger partial charge in [0.05, 0.1) is 5.56 Å². The largest absolute Gasteiger partial charge is 0.490 e. The molecular formula is C25H22ClF3O5. The molecule has 0 fully saturated rings. The van der Waals surface area contributed by atoms with Crippen LogP contribution in [0.2, 0.25) is 5.02 Å². The van der Waals surface area contributed by atoms with Crippen LogP contribution in [-0.2, 0) is 16.6 Å². The van der Waals surface area contributed by atoms with Gasteiger partial charge in [-0.1, -0.05) is 23.7 Å². The van der Waals surface area contributed by atoms with Crippen LogP contribution in [0, 0.1) is 0 Å². The molecule has 0 saturated carbocycles. The van der Waals surface area contributed by atoms with Crippen molar-refractivity contribution in [2.45, 2.75) is 31.7 Å². The molecule has 0 saturated heterocycles. The van der Waals surface area contributed by atoms with Crippen LogP contribution in [0.25, 0.3) is 0 Å². The molecule has 34 heavy (non-hydrogen) atoms. The van der Waals surface area contributed by atoms with Crippen LogP contribution in [0.3, 0.4) is 0 Å². The van der Waals surface area contributed by atoms with E-state index in [1.54, 1.807) is 36.4 Å². The minimum absolute atomic E-state index is 0.00815. The molecule has 3 rings (SSSR count). The predicted molar refractivity (Wildman–Crippen MR) is 121 cm³/mol. The van der Waals surface area contributed by atoms with Gasteiger partial charge in [-0.25, -0.2) is 4.79 Å². The second-order valence-electron chi connectivity index (χ2n) is 7.68. The summed E-state index contributed by atoms with van der Waals surface area (Å²) in [5, 5.41) is 10.4. The fourth-order valence-electron chi connectivity index (χ4n) is 3.04. The number of carboxylic acids is 1. The maximum atomic E-state index is 12.8. The Kier molecular flexibility index (Phi) is 7.61. The Balaban J connectivity index is 1.66. The average Bonchev–Trinajstić information content (AvgIpc) is 2.79. The van der Waals surface area contributed by atoms with Crippen molar-refractivity contribution in [1.29, 1.82) is 0 Å². The highest BCUT2D eigenvalue weighted by Crippen LogP contribution is 2.33. The van der Waals surface area contributed by atoms with Crippen LogP contribution in [0.15, 0.2) is 72.8 Å². The maximum absolute atomic E-state index is 12.8. The first-order valence-electron chi connectivity index (χ1n) is 10.2. The number of alkyl halides is 3. The summed E-state index contributed by atoms with van der Waals surface area (Å²) in [5.41, 5.74) is -2.40. The highest BCUT2D eigenvalue weighted by atomic mass is 35.5. The molecule has 0 heterocycles. The number of ether oxygens (including phenoxy) is 3. The topological polar surface area (TPSA) is 65.0 Å². The molecule has 0 aliphatic heterocycles. The summed E-state index contributed by atoms with van der Waals surface area (Å²) in [6.45, 7) is 3.41. The lowest BCUT2D eigenvalue weighted by Gasteiger charge is -2.27. The molecule has 2 unspecified atom stereocenters. The molecule has 1 N–H and O–H groups in total. The lowest BCUT2D eigenvalue weighted by atomic mass is 9.95. The smallest absolute Gasteiger partial charge is 0.416 e. The lowest BCUT2D eigenvalue weighted by Crippen LogP contribution is -2.38. The Morgan fingerprint density at radius 3 is 1.91 bits per heavy atom. The van der Waals surface area contributed by atoms with Crippen molar-refractivity contribution in [1.82, 2.24) is 0 Å². The van der Waals surface area contributed by atoms with Gasteiger partial charge in [-0.05, 0) is 74.5 Å². The quantitative estimate of drug-likeness (QED) is 0.364. The molecule has 0 bridgehead atoms. The first-order chi connectivity index (χ1) is 16.0. The third-order valence-corrected chi connectivity index (χ3v) is 5.20. The van der Waals surface area contributed by atoms with E-state index in [1.165, 1.54) is 19.1 Å². The van der Waals surface area contributed by atoms with Crippen LogP contribution in [0.5, 0.6) is 17.2 Å². The van der Waals surface area contributed by atoms with E-state index < -0.39 is 23.3 Å². The summed E-state index contributed by atoms with van der Waals surface area (Å²) >= 11 is 5.85. The van der Waals surface area contributed by atoms with Crippen LogP contribution in [0.4, 0.5) is 13.2 Å². The van der Waals surface area contributed by atoms with Gasteiger partial charge < -0.3 is 19.3 Å². The van der Waals surface area contributed by atoms with Gasteiger partial charge in [-0.2, -0.15) is 13.2 Å². The summed E-state index contributed by atoms with van der Waals surface area (Å²) in [4.78, 5) is 12.0. The number of hydrogen-bond donors (Lipinski definition) is 1. The second-order valence-corrected chi connectivity index (χ2v) is 8.12. The van der Waals surface area contributed by atoms with Gasteiger partial charge in [0, 0.05) is 10.6 Å². The standard InChI is InChI=1S/C25H22ClF3O5/c1-16(15-32-20-13-7-19(26)8-14-20)33-21-9-3-17(4-10-21)24(2,23(30)31)34-22-11-5-18(6-12-22)25(27,28)29/h3-14,16H,15H2,1-2H3,(H,30,31). The molecular weight excluding hydrogens is 473 g/mol. The number of benzene rings is 3. The zero-order valence-electron chi connectivity index (χ0n) is 18.3. The average molecular weight is 495 g/mol. The van der Waals surface area contributed by atoms with E-state index in [-0.39, 0.29) is 24.0 Å². The second kappa shape index (κ2) is 10.3. The van der Waals surface area contributed by atoms with Gasteiger partial charge in [-0.3, -0.25) is 0 Å². The van der Waals surface area contributed by atoms with Crippen LogP contribution >= 0.6 is 11.6 Å². The first kappa shape index (κ1) is 25.2. The van der Waals surface area contributed by atoms with Crippen molar-refractivity contribution >= 4 is 17.6 Å². The number of rotatable bonds is 9. The predicted octanol–water partition coefficient (Wildman–Crippen LogP) is 6.58. The van der Waals surface area contributed by atoms with Crippen LogP contribution in [0.1, 0.15) is 25.0 Å². The van der Waals surface area contributed by atoms with Gasteiger partial charge >= 0.3 is 12.1 Å². The number of carboxylic acid groups (broad SMARTS) is 1.